The number of piperazine rings is 1. The molecule has 1 aliphatic rings. The Hall–Kier alpha value is -3.97. The van der Waals surface area contributed by atoms with Crippen molar-refractivity contribution in [1.29, 1.82) is 0 Å². The third-order valence-corrected chi connectivity index (χ3v) is 7.21. The molecule has 41 heavy (non-hydrogen) atoms. The van der Waals surface area contributed by atoms with Crippen LogP contribution in [0.1, 0.15) is 11.3 Å². The molecule has 0 radical (unpaired) electrons. The first kappa shape index (κ1) is 28.6. The summed E-state index contributed by atoms with van der Waals surface area (Å²) < 4.78 is 5.84. The number of benzene rings is 3. The number of nitrogens with one attached hydrogen (secondary N) is 1. The van der Waals surface area contributed by atoms with Crippen LogP contribution in [-0.2, 0) is 9.59 Å². The number of carbonyl (C=O) groups is 2. The van der Waals surface area contributed by atoms with Crippen molar-refractivity contribution in [2.75, 3.05) is 36.4 Å². The standard InChI is InChI=1S/C32H26Cl3N3O3/c33-24-7-10-29(37-14-16-38(17-15-37)32(40)13-6-22-4-2-1-3-5-22)28(21-24)36-31(39)12-9-27-8-11-30(41-27)23-18-25(34)20-26(35)19-23/h1-13,18-21H,14-17H2,(H,36,39)/b12-9+,13-6+. The van der Waals surface area contributed by atoms with Gasteiger partial charge in [0.15, 0.2) is 0 Å². The van der Waals surface area contributed by atoms with E-state index in [9.17, 15) is 9.59 Å². The lowest BCUT2D eigenvalue weighted by molar-refractivity contribution is -0.126. The highest BCUT2D eigenvalue weighted by Gasteiger charge is 2.22. The molecular formula is C32H26Cl3N3O3. The molecule has 0 saturated carbocycles. The average molecular weight is 607 g/mol. The molecule has 1 saturated heterocycles. The van der Waals surface area contributed by atoms with Crippen molar-refractivity contribution in [3.05, 3.63) is 117 Å². The minimum absolute atomic E-state index is 0.0252. The van der Waals surface area contributed by atoms with Crippen molar-refractivity contribution in [3.63, 3.8) is 0 Å². The average Bonchev–Trinajstić information content (AvgIpc) is 3.45. The molecule has 2 heterocycles. The molecule has 5 rings (SSSR count). The van der Waals surface area contributed by atoms with E-state index in [1.165, 1.54) is 6.08 Å². The second-order valence-electron chi connectivity index (χ2n) is 9.40. The minimum atomic E-state index is -0.336. The zero-order valence-corrected chi connectivity index (χ0v) is 24.2. The predicted molar refractivity (Wildman–Crippen MR) is 168 cm³/mol. The molecule has 1 aliphatic heterocycles. The van der Waals surface area contributed by atoms with Crippen LogP contribution >= 0.6 is 34.8 Å². The Kier molecular flexibility index (Phi) is 9.14. The first-order valence-electron chi connectivity index (χ1n) is 13.0. The van der Waals surface area contributed by atoms with Gasteiger partial charge >= 0.3 is 0 Å². The van der Waals surface area contributed by atoms with Crippen molar-refractivity contribution in [2.45, 2.75) is 0 Å². The Morgan fingerprint density at radius 3 is 2.22 bits per heavy atom. The van der Waals surface area contributed by atoms with Crippen LogP contribution in [0, 0.1) is 0 Å². The Labute approximate surface area is 253 Å². The molecule has 208 valence electrons. The van der Waals surface area contributed by atoms with Crippen LogP contribution in [0.5, 0.6) is 0 Å². The van der Waals surface area contributed by atoms with Crippen LogP contribution in [0.25, 0.3) is 23.5 Å². The quantitative estimate of drug-likeness (QED) is 0.217. The Balaban J connectivity index is 1.21. The Morgan fingerprint density at radius 1 is 0.756 bits per heavy atom. The SMILES string of the molecule is O=C(/C=C/c1ccc(-c2cc(Cl)cc(Cl)c2)o1)Nc1cc(Cl)ccc1N1CCN(C(=O)/C=C/c2ccccc2)CC1. The van der Waals surface area contributed by atoms with Crippen molar-refractivity contribution in [1.82, 2.24) is 4.90 Å². The van der Waals surface area contributed by atoms with Gasteiger partial charge in [-0.3, -0.25) is 9.59 Å². The van der Waals surface area contributed by atoms with E-state index in [1.807, 2.05) is 47.4 Å². The third-order valence-electron chi connectivity index (χ3n) is 6.54. The molecule has 0 spiro atoms. The molecule has 0 bridgehead atoms. The highest BCUT2D eigenvalue weighted by atomic mass is 35.5. The van der Waals surface area contributed by atoms with E-state index >= 15 is 0 Å². The number of rotatable bonds is 7. The van der Waals surface area contributed by atoms with E-state index in [0.717, 1.165) is 16.8 Å². The maximum Gasteiger partial charge on any atom is 0.248 e. The summed E-state index contributed by atoms with van der Waals surface area (Å²) in [4.78, 5) is 29.5. The summed E-state index contributed by atoms with van der Waals surface area (Å²) in [6.45, 7) is 2.36. The fraction of sp³-hybridized carbons (Fsp3) is 0.125. The maximum atomic E-state index is 12.8. The molecule has 1 N–H and O–H groups in total. The summed E-state index contributed by atoms with van der Waals surface area (Å²) >= 11 is 18.5. The molecular weight excluding hydrogens is 581 g/mol. The van der Waals surface area contributed by atoms with Crippen LogP contribution in [0.4, 0.5) is 11.4 Å². The Morgan fingerprint density at radius 2 is 1.49 bits per heavy atom. The van der Waals surface area contributed by atoms with Crippen LogP contribution < -0.4 is 10.2 Å². The third kappa shape index (κ3) is 7.61. The minimum Gasteiger partial charge on any atom is -0.457 e. The lowest BCUT2D eigenvalue weighted by Gasteiger charge is -2.36. The predicted octanol–water partition coefficient (Wildman–Crippen LogP) is 7.92. The van der Waals surface area contributed by atoms with E-state index in [4.69, 9.17) is 39.2 Å². The summed E-state index contributed by atoms with van der Waals surface area (Å²) in [5, 5.41) is 4.44. The zero-order chi connectivity index (χ0) is 28.8. The summed E-state index contributed by atoms with van der Waals surface area (Å²) in [6, 6.07) is 23.8. The number of furan rings is 1. The lowest BCUT2D eigenvalue weighted by Crippen LogP contribution is -2.48. The molecule has 6 nitrogen and oxygen atoms in total. The molecule has 9 heteroatoms. The monoisotopic (exact) mass is 605 g/mol. The van der Waals surface area contributed by atoms with E-state index in [1.54, 1.807) is 54.6 Å². The summed E-state index contributed by atoms with van der Waals surface area (Å²) in [6.07, 6.45) is 6.42. The summed E-state index contributed by atoms with van der Waals surface area (Å²) in [5.41, 5.74) is 3.14. The number of hydrogen-bond acceptors (Lipinski definition) is 4. The van der Waals surface area contributed by atoms with Gasteiger partial charge in [-0.1, -0.05) is 65.1 Å². The Bertz CT molecular complexity index is 1590. The van der Waals surface area contributed by atoms with Gasteiger partial charge in [0.25, 0.3) is 0 Å². The second kappa shape index (κ2) is 13.1. The zero-order valence-electron chi connectivity index (χ0n) is 21.9. The molecule has 0 atom stereocenters. The van der Waals surface area contributed by atoms with Gasteiger partial charge in [-0.25, -0.2) is 0 Å². The number of halogens is 3. The fourth-order valence-electron chi connectivity index (χ4n) is 4.51. The van der Waals surface area contributed by atoms with Gasteiger partial charge in [-0.15, -0.1) is 0 Å². The first-order valence-corrected chi connectivity index (χ1v) is 14.1. The van der Waals surface area contributed by atoms with E-state index in [2.05, 4.69) is 10.2 Å². The molecule has 3 aromatic carbocycles. The normalized spacial score (nSPS) is 13.7. The number of carbonyl (C=O) groups excluding carboxylic acids is 2. The van der Waals surface area contributed by atoms with Gasteiger partial charge in [0.05, 0.1) is 11.4 Å². The molecule has 0 unspecified atom stereocenters. The number of hydrogen-bond donors (Lipinski definition) is 1. The molecule has 0 aliphatic carbocycles. The number of nitrogens with zero attached hydrogens (tertiary/aromatic N) is 2. The second-order valence-corrected chi connectivity index (χ2v) is 10.7. The highest BCUT2D eigenvalue weighted by molar-refractivity contribution is 6.35. The van der Waals surface area contributed by atoms with Crippen LogP contribution in [0.2, 0.25) is 15.1 Å². The summed E-state index contributed by atoms with van der Waals surface area (Å²) in [5.74, 6) is 0.722. The van der Waals surface area contributed by atoms with E-state index in [0.29, 0.717) is 58.5 Å². The molecule has 1 aromatic heterocycles. The largest absolute Gasteiger partial charge is 0.457 e. The van der Waals surface area contributed by atoms with Gasteiger partial charge in [0.2, 0.25) is 11.8 Å². The van der Waals surface area contributed by atoms with Crippen LogP contribution in [0.3, 0.4) is 0 Å². The lowest BCUT2D eigenvalue weighted by atomic mass is 10.2. The smallest absolute Gasteiger partial charge is 0.248 e. The van der Waals surface area contributed by atoms with Crippen molar-refractivity contribution in [3.8, 4) is 11.3 Å². The van der Waals surface area contributed by atoms with Gasteiger partial charge < -0.3 is 19.5 Å². The van der Waals surface area contributed by atoms with Crippen LogP contribution in [-0.4, -0.2) is 42.9 Å². The molecule has 1 fully saturated rings. The molecule has 4 aromatic rings. The summed E-state index contributed by atoms with van der Waals surface area (Å²) in [7, 11) is 0. The van der Waals surface area contributed by atoms with Crippen molar-refractivity contribution in [2.24, 2.45) is 0 Å². The fourth-order valence-corrected chi connectivity index (χ4v) is 5.21. The van der Waals surface area contributed by atoms with Gasteiger partial charge in [0.1, 0.15) is 11.5 Å². The molecule has 2 amide bonds. The van der Waals surface area contributed by atoms with E-state index < -0.39 is 0 Å². The highest BCUT2D eigenvalue weighted by Crippen LogP contribution is 2.31. The maximum absolute atomic E-state index is 12.8. The number of anilines is 2. The van der Waals surface area contributed by atoms with Crippen molar-refractivity contribution < 1.29 is 14.0 Å². The first-order chi connectivity index (χ1) is 19.8. The van der Waals surface area contributed by atoms with Gasteiger partial charge in [-0.05, 0) is 66.2 Å². The van der Waals surface area contributed by atoms with Crippen molar-refractivity contribution >= 4 is 70.1 Å². The van der Waals surface area contributed by atoms with Gasteiger partial charge in [-0.2, -0.15) is 0 Å². The van der Waals surface area contributed by atoms with Gasteiger partial charge in [0, 0.05) is 59.0 Å². The topological polar surface area (TPSA) is 65.8 Å². The number of amides is 2. The van der Waals surface area contributed by atoms with Crippen LogP contribution in [0.15, 0.2) is 95.4 Å². The van der Waals surface area contributed by atoms with E-state index in [-0.39, 0.29) is 11.8 Å².